The Morgan fingerprint density at radius 3 is 2.15 bits per heavy atom. The van der Waals surface area contributed by atoms with Gasteiger partial charge in [-0.05, 0) is 24.3 Å². The summed E-state index contributed by atoms with van der Waals surface area (Å²) in [6, 6.07) is 10.2. The Morgan fingerprint density at radius 2 is 1.50 bits per heavy atom. The number of hydrogen-bond acceptors (Lipinski definition) is 3. The van der Waals surface area contributed by atoms with E-state index in [9.17, 15) is 18.0 Å². The molecule has 0 spiro atoms. The molecule has 138 valence electrons. The molecule has 1 aliphatic heterocycles. The summed E-state index contributed by atoms with van der Waals surface area (Å²) in [5.41, 5.74) is 0.320. The summed E-state index contributed by atoms with van der Waals surface area (Å²) in [7, 11) is 0. The maximum atomic E-state index is 13.8. The predicted octanol–water partition coefficient (Wildman–Crippen LogP) is 3.25. The van der Waals surface area contributed by atoms with Crippen molar-refractivity contribution in [2.75, 3.05) is 42.9 Å². The van der Waals surface area contributed by atoms with Gasteiger partial charge < -0.3 is 15.1 Å². The molecule has 2 aromatic carbocycles. The van der Waals surface area contributed by atoms with Gasteiger partial charge in [0.2, 0.25) is 5.91 Å². The molecule has 26 heavy (non-hydrogen) atoms. The van der Waals surface area contributed by atoms with Gasteiger partial charge in [0.15, 0.2) is 0 Å². The largest absolute Gasteiger partial charge is 0.380 e. The van der Waals surface area contributed by atoms with Crippen LogP contribution in [0.5, 0.6) is 0 Å². The Balaban J connectivity index is 1.47. The summed E-state index contributed by atoms with van der Waals surface area (Å²) >= 11 is 0. The predicted molar refractivity (Wildman–Crippen MR) is 94.7 cm³/mol. The molecule has 0 radical (unpaired) electrons. The molecule has 0 aliphatic carbocycles. The number of rotatable bonds is 5. The number of anilines is 2. The van der Waals surface area contributed by atoms with Crippen molar-refractivity contribution in [2.45, 2.75) is 6.42 Å². The molecule has 1 heterocycles. The molecule has 1 fully saturated rings. The van der Waals surface area contributed by atoms with E-state index < -0.39 is 11.6 Å². The summed E-state index contributed by atoms with van der Waals surface area (Å²) in [6.45, 7) is 2.21. The van der Waals surface area contributed by atoms with E-state index in [4.69, 9.17) is 0 Å². The molecule has 1 saturated heterocycles. The number of para-hydroxylation sites is 2. The van der Waals surface area contributed by atoms with Crippen LogP contribution in [0.1, 0.15) is 6.42 Å². The van der Waals surface area contributed by atoms with Crippen molar-refractivity contribution < 1.29 is 18.0 Å². The van der Waals surface area contributed by atoms with Crippen LogP contribution in [-0.2, 0) is 4.79 Å². The van der Waals surface area contributed by atoms with E-state index in [2.05, 4.69) is 5.32 Å². The number of amides is 1. The summed E-state index contributed by atoms with van der Waals surface area (Å²) in [4.78, 5) is 15.9. The summed E-state index contributed by atoms with van der Waals surface area (Å²) in [5.74, 6) is -1.74. The van der Waals surface area contributed by atoms with Gasteiger partial charge in [-0.25, -0.2) is 13.2 Å². The third-order valence-electron chi connectivity index (χ3n) is 4.43. The maximum absolute atomic E-state index is 13.8. The second-order valence-electron chi connectivity index (χ2n) is 6.09. The van der Waals surface area contributed by atoms with Gasteiger partial charge in [-0.1, -0.05) is 18.2 Å². The molecule has 4 nitrogen and oxygen atoms in total. The average Bonchev–Trinajstić information content (AvgIpc) is 2.64. The first kappa shape index (κ1) is 18.1. The lowest BCUT2D eigenvalue weighted by molar-refractivity contribution is -0.131. The Kier molecular flexibility index (Phi) is 5.65. The van der Waals surface area contributed by atoms with Crippen LogP contribution >= 0.6 is 0 Å². The molecule has 7 heteroatoms. The number of halogens is 3. The van der Waals surface area contributed by atoms with Gasteiger partial charge in [-0.3, -0.25) is 4.79 Å². The monoisotopic (exact) mass is 363 g/mol. The fourth-order valence-electron chi connectivity index (χ4n) is 3.02. The average molecular weight is 363 g/mol. The number of piperazine rings is 1. The lowest BCUT2D eigenvalue weighted by Gasteiger charge is -2.36. The van der Waals surface area contributed by atoms with Gasteiger partial charge in [0.25, 0.3) is 0 Å². The molecule has 0 atom stereocenters. The number of nitrogens with one attached hydrogen (secondary N) is 1. The normalized spacial score (nSPS) is 14.4. The first-order valence-corrected chi connectivity index (χ1v) is 8.51. The Morgan fingerprint density at radius 1 is 0.885 bits per heavy atom. The van der Waals surface area contributed by atoms with Gasteiger partial charge in [0.05, 0.1) is 5.69 Å². The van der Waals surface area contributed by atoms with E-state index in [1.54, 1.807) is 23.1 Å². The molecule has 0 saturated carbocycles. The highest BCUT2D eigenvalue weighted by Crippen LogP contribution is 2.21. The van der Waals surface area contributed by atoms with Crippen molar-refractivity contribution in [1.82, 2.24) is 4.90 Å². The highest BCUT2D eigenvalue weighted by molar-refractivity contribution is 5.77. The van der Waals surface area contributed by atoms with Gasteiger partial charge in [0, 0.05) is 39.1 Å². The second-order valence-corrected chi connectivity index (χ2v) is 6.09. The molecular formula is C19H20F3N3O. The molecule has 0 unspecified atom stereocenters. The fraction of sp³-hybridized carbons (Fsp3) is 0.316. The standard InChI is InChI=1S/C19H20F3N3O/c20-14-4-1-2-7-17(14)24-10-12-25(13-11-24)18(26)8-9-23-19-15(21)5-3-6-16(19)22/h1-7,23H,8-13H2. The minimum Gasteiger partial charge on any atom is -0.380 e. The molecule has 3 rings (SSSR count). The van der Waals surface area contributed by atoms with Crippen molar-refractivity contribution in [1.29, 1.82) is 0 Å². The molecule has 0 bridgehead atoms. The van der Waals surface area contributed by atoms with E-state index in [0.717, 1.165) is 12.1 Å². The van der Waals surface area contributed by atoms with Crippen molar-refractivity contribution in [3.05, 3.63) is 59.9 Å². The molecule has 1 aliphatic rings. The van der Waals surface area contributed by atoms with Gasteiger partial charge in [-0.2, -0.15) is 0 Å². The first-order chi connectivity index (χ1) is 12.6. The fourth-order valence-corrected chi connectivity index (χ4v) is 3.02. The molecule has 1 amide bonds. The third kappa shape index (κ3) is 4.09. The lowest BCUT2D eigenvalue weighted by Crippen LogP contribution is -2.49. The Bertz CT molecular complexity index is 756. The lowest BCUT2D eigenvalue weighted by atomic mass is 10.2. The van der Waals surface area contributed by atoms with Crippen LogP contribution in [0.2, 0.25) is 0 Å². The van der Waals surface area contributed by atoms with E-state index in [1.807, 2.05) is 4.90 Å². The molecule has 2 aromatic rings. The van der Waals surface area contributed by atoms with Crippen LogP contribution < -0.4 is 10.2 Å². The highest BCUT2D eigenvalue weighted by Gasteiger charge is 2.22. The topological polar surface area (TPSA) is 35.6 Å². The number of benzene rings is 2. The van der Waals surface area contributed by atoms with Crippen LogP contribution in [0.25, 0.3) is 0 Å². The van der Waals surface area contributed by atoms with Gasteiger partial charge >= 0.3 is 0 Å². The number of carbonyl (C=O) groups is 1. The third-order valence-corrected chi connectivity index (χ3v) is 4.43. The first-order valence-electron chi connectivity index (χ1n) is 8.51. The van der Waals surface area contributed by atoms with E-state index >= 15 is 0 Å². The Labute approximate surface area is 150 Å². The minimum atomic E-state index is -0.684. The van der Waals surface area contributed by atoms with Crippen molar-refractivity contribution in [3.8, 4) is 0 Å². The molecule has 0 aromatic heterocycles. The number of carbonyl (C=O) groups excluding carboxylic acids is 1. The SMILES string of the molecule is O=C(CCNc1c(F)cccc1F)N1CCN(c2ccccc2F)CC1. The zero-order chi connectivity index (χ0) is 18.5. The van der Waals surface area contributed by atoms with Gasteiger partial charge in [-0.15, -0.1) is 0 Å². The van der Waals surface area contributed by atoms with E-state index in [0.29, 0.717) is 31.9 Å². The molecule has 1 N–H and O–H groups in total. The number of hydrogen-bond donors (Lipinski definition) is 1. The van der Waals surface area contributed by atoms with E-state index in [1.165, 1.54) is 12.1 Å². The quantitative estimate of drug-likeness (QED) is 0.886. The van der Waals surface area contributed by atoms with Crippen LogP contribution in [0, 0.1) is 17.5 Å². The summed E-state index contributed by atoms with van der Waals surface area (Å²) in [5, 5.41) is 2.64. The smallest absolute Gasteiger partial charge is 0.224 e. The maximum Gasteiger partial charge on any atom is 0.224 e. The summed E-state index contributed by atoms with van der Waals surface area (Å²) < 4.78 is 40.9. The van der Waals surface area contributed by atoms with Crippen molar-refractivity contribution in [3.63, 3.8) is 0 Å². The highest BCUT2D eigenvalue weighted by atomic mass is 19.1. The molecular weight excluding hydrogens is 343 g/mol. The zero-order valence-electron chi connectivity index (χ0n) is 14.2. The van der Waals surface area contributed by atoms with Crippen molar-refractivity contribution in [2.24, 2.45) is 0 Å². The Hall–Kier alpha value is -2.70. The summed E-state index contributed by atoms with van der Waals surface area (Å²) in [6.07, 6.45) is 0.132. The minimum absolute atomic E-state index is 0.0950. The van der Waals surface area contributed by atoms with Gasteiger partial charge in [0.1, 0.15) is 23.1 Å². The number of nitrogens with zero attached hydrogens (tertiary/aromatic N) is 2. The van der Waals surface area contributed by atoms with Crippen LogP contribution in [0.3, 0.4) is 0 Å². The van der Waals surface area contributed by atoms with Crippen LogP contribution in [-0.4, -0.2) is 43.5 Å². The van der Waals surface area contributed by atoms with Crippen molar-refractivity contribution >= 4 is 17.3 Å². The second kappa shape index (κ2) is 8.12. The van der Waals surface area contributed by atoms with Crippen LogP contribution in [0.15, 0.2) is 42.5 Å². The zero-order valence-corrected chi connectivity index (χ0v) is 14.2. The van der Waals surface area contributed by atoms with Crippen LogP contribution in [0.4, 0.5) is 24.5 Å². The van der Waals surface area contributed by atoms with E-state index in [-0.39, 0.29) is 30.4 Å².